The molecule has 0 aliphatic heterocycles. The molecule has 7 heteroatoms. The van der Waals surface area contributed by atoms with E-state index in [2.05, 4.69) is 15.6 Å². The van der Waals surface area contributed by atoms with Crippen LogP contribution in [0.25, 0.3) is 10.8 Å². The summed E-state index contributed by atoms with van der Waals surface area (Å²) in [6.45, 7) is 4.55. The lowest BCUT2D eigenvalue weighted by atomic mass is 10.1. The van der Waals surface area contributed by atoms with Crippen LogP contribution in [-0.4, -0.2) is 31.8 Å². The molecule has 1 aliphatic carbocycles. The van der Waals surface area contributed by atoms with Gasteiger partial charge < -0.3 is 20.3 Å². The molecule has 0 amide bonds. The molecule has 3 N–H and O–H groups in total. The number of aliphatic hydroxyl groups is 1. The van der Waals surface area contributed by atoms with Gasteiger partial charge in [-0.15, -0.1) is 0 Å². The fraction of sp³-hybridized carbons (Fsp3) is 0.381. The van der Waals surface area contributed by atoms with Crippen LogP contribution in [0.1, 0.15) is 31.7 Å². The van der Waals surface area contributed by atoms with Crippen LogP contribution < -0.4 is 16.2 Å². The number of hydrogen-bond donors (Lipinski definition) is 3. The summed E-state index contributed by atoms with van der Waals surface area (Å²) in [6.07, 6.45) is 5.54. The van der Waals surface area contributed by atoms with Gasteiger partial charge in [-0.3, -0.25) is 4.79 Å². The van der Waals surface area contributed by atoms with E-state index in [0.29, 0.717) is 35.8 Å². The van der Waals surface area contributed by atoms with Crippen LogP contribution in [0.3, 0.4) is 0 Å². The number of pyridine rings is 3. The molecule has 28 heavy (non-hydrogen) atoms. The molecule has 0 bridgehead atoms. The first kappa shape index (κ1) is 18.4. The monoisotopic (exact) mass is 379 g/mol. The van der Waals surface area contributed by atoms with Crippen LogP contribution in [0.2, 0.25) is 0 Å². The molecule has 1 fully saturated rings. The molecule has 2 atom stereocenters. The van der Waals surface area contributed by atoms with Crippen molar-refractivity contribution in [3.8, 4) is 0 Å². The first-order valence-electron chi connectivity index (χ1n) is 9.72. The quantitative estimate of drug-likeness (QED) is 0.631. The van der Waals surface area contributed by atoms with Gasteiger partial charge in [0.25, 0.3) is 5.56 Å². The minimum atomic E-state index is -0.297. The van der Waals surface area contributed by atoms with Crippen molar-refractivity contribution in [2.24, 2.45) is 0 Å². The summed E-state index contributed by atoms with van der Waals surface area (Å²) in [7, 11) is 0. The summed E-state index contributed by atoms with van der Waals surface area (Å²) in [4.78, 5) is 22.0. The smallest absolute Gasteiger partial charge is 0.262 e. The van der Waals surface area contributed by atoms with E-state index in [4.69, 9.17) is 4.98 Å². The number of anilines is 3. The Kier molecular flexibility index (Phi) is 5.00. The molecule has 0 saturated heterocycles. The Balaban J connectivity index is 1.78. The number of rotatable bonds is 5. The van der Waals surface area contributed by atoms with Crippen molar-refractivity contribution in [3.05, 3.63) is 52.6 Å². The van der Waals surface area contributed by atoms with Gasteiger partial charge >= 0.3 is 0 Å². The van der Waals surface area contributed by atoms with E-state index in [1.54, 1.807) is 10.8 Å². The van der Waals surface area contributed by atoms with Gasteiger partial charge in [-0.25, -0.2) is 9.97 Å². The van der Waals surface area contributed by atoms with E-state index in [-0.39, 0.29) is 17.7 Å². The lowest BCUT2D eigenvalue weighted by Gasteiger charge is -2.17. The summed E-state index contributed by atoms with van der Waals surface area (Å²) < 4.78 is 1.67. The fourth-order valence-electron chi connectivity index (χ4n) is 3.74. The molecule has 1 saturated carbocycles. The van der Waals surface area contributed by atoms with E-state index < -0.39 is 0 Å². The van der Waals surface area contributed by atoms with Gasteiger partial charge in [-0.1, -0.05) is 0 Å². The number of hydrogen-bond acceptors (Lipinski definition) is 6. The average Bonchev–Trinajstić information content (AvgIpc) is 3.06. The zero-order chi connectivity index (χ0) is 19.7. The Morgan fingerprint density at radius 2 is 2.11 bits per heavy atom. The molecule has 0 radical (unpaired) electrons. The zero-order valence-electron chi connectivity index (χ0n) is 16.1. The molecule has 3 aromatic rings. The Morgan fingerprint density at radius 1 is 1.25 bits per heavy atom. The number of nitrogens with zero attached hydrogens (tertiary/aromatic N) is 3. The number of aryl methyl sites for hydroxylation is 2. The lowest BCUT2D eigenvalue weighted by molar-refractivity contribution is 0.182. The second-order valence-corrected chi connectivity index (χ2v) is 7.38. The van der Waals surface area contributed by atoms with E-state index in [9.17, 15) is 9.90 Å². The van der Waals surface area contributed by atoms with Crippen LogP contribution in [0.15, 0.2) is 41.5 Å². The van der Waals surface area contributed by atoms with Gasteiger partial charge in [0.1, 0.15) is 17.5 Å². The Bertz CT molecular complexity index is 1060. The zero-order valence-corrected chi connectivity index (χ0v) is 16.1. The fourth-order valence-corrected chi connectivity index (χ4v) is 3.74. The highest BCUT2D eigenvalue weighted by molar-refractivity contribution is 5.93. The van der Waals surface area contributed by atoms with Crippen LogP contribution in [0.4, 0.5) is 17.5 Å². The number of aromatic nitrogens is 3. The second kappa shape index (κ2) is 7.59. The summed E-state index contributed by atoms with van der Waals surface area (Å²) >= 11 is 0. The molecule has 4 rings (SSSR count). The van der Waals surface area contributed by atoms with Crippen LogP contribution in [0.5, 0.6) is 0 Å². The molecule has 0 unspecified atom stereocenters. The third-order valence-electron chi connectivity index (χ3n) is 5.22. The number of fused-ring (bicyclic) bond motifs is 1. The maximum absolute atomic E-state index is 12.9. The minimum Gasteiger partial charge on any atom is -0.393 e. The van der Waals surface area contributed by atoms with Crippen molar-refractivity contribution in [2.75, 3.05) is 10.6 Å². The number of aliphatic hydroxyl groups excluding tert-OH is 1. The Morgan fingerprint density at radius 3 is 2.82 bits per heavy atom. The van der Waals surface area contributed by atoms with E-state index in [1.165, 1.54) is 0 Å². The van der Waals surface area contributed by atoms with Gasteiger partial charge in [0.2, 0.25) is 0 Å². The van der Waals surface area contributed by atoms with Crippen molar-refractivity contribution in [1.29, 1.82) is 0 Å². The molecule has 3 aromatic heterocycles. The highest BCUT2D eigenvalue weighted by atomic mass is 16.3. The third kappa shape index (κ3) is 3.71. The van der Waals surface area contributed by atoms with Crippen LogP contribution >= 0.6 is 0 Å². The van der Waals surface area contributed by atoms with E-state index in [0.717, 1.165) is 23.8 Å². The first-order chi connectivity index (χ1) is 13.5. The van der Waals surface area contributed by atoms with Crippen LogP contribution in [0, 0.1) is 6.92 Å². The highest BCUT2D eigenvalue weighted by Crippen LogP contribution is 2.28. The molecule has 3 heterocycles. The van der Waals surface area contributed by atoms with Gasteiger partial charge in [0.15, 0.2) is 0 Å². The molecule has 7 nitrogen and oxygen atoms in total. The predicted molar refractivity (Wildman–Crippen MR) is 111 cm³/mol. The van der Waals surface area contributed by atoms with Gasteiger partial charge in [-0.2, -0.15) is 0 Å². The topological polar surface area (TPSA) is 92.1 Å². The largest absolute Gasteiger partial charge is 0.393 e. The predicted octanol–water partition coefficient (Wildman–Crippen LogP) is 3.19. The summed E-state index contributed by atoms with van der Waals surface area (Å²) in [5.74, 6) is 1.89. The Hall–Kier alpha value is -2.93. The maximum Gasteiger partial charge on any atom is 0.262 e. The standard InChI is InChI=1S/C21H25N5O2/c1-3-26-9-7-14-11-18(24-17-10-13(2)6-8-22-17)25-20(19(14)21(26)28)23-15-4-5-16(27)12-15/h6-11,15-16,27H,3-5,12H2,1-2H3,(H2,22,23,24,25)/t15-,16-/m0/s1. The van der Waals surface area contributed by atoms with E-state index in [1.807, 2.05) is 44.3 Å². The van der Waals surface area contributed by atoms with Crippen molar-refractivity contribution in [1.82, 2.24) is 14.5 Å². The van der Waals surface area contributed by atoms with Crippen molar-refractivity contribution < 1.29 is 5.11 Å². The third-order valence-corrected chi connectivity index (χ3v) is 5.22. The molecular weight excluding hydrogens is 354 g/mol. The lowest BCUT2D eigenvalue weighted by Crippen LogP contribution is -2.23. The molecule has 0 spiro atoms. The van der Waals surface area contributed by atoms with Crippen molar-refractivity contribution in [3.63, 3.8) is 0 Å². The molecule has 1 aliphatic rings. The van der Waals surface area contributed by atoms with Crippen molar-refractivity contribution in [2.45, 2.75) is 51.8 Å². The van der Waals surface area contributed by atoms with Crippen LogP contribution in [-0.2, 0) is 6.54 Å². The summed E-state index contributed by atoms with van der Waals surface area (Å²) in [6, 6.07) is 7.79. The van der Waals surface area contributed by atoms with Gasteiger partial charge in [0, 0.05) is 25.0 Å². The van der Waals surface area contributed by atoms with Gasteiger partial charge in [0.05, 0.1) is 11.5 Å². The molecule has 0 aromatic carbocycles. The van der Waals surface area contributed by atoms with E-state index >= 15 is 0 Å². The highest BCUT2D eigenvalue weighted by Gasteiger charge is 2.24. The normalized spacial score (nSPS) is 19.1. The molecular formula is C21H25N5O2. The second-order valence-electron chi connectivity index (χ2n) is 7.38. The van der Waals surface area contributed by atoms with Crippen molar-refractivity contribution >= 4 is 28.2 Å². The SMILES string of the molecule is CCn1ccc2cc(Nc3cc(C)ccn3)nc(N[C@H]3CC[C@H](O)C3)c2c1=O. The maximum atomic E-state index is 12.9. The first-order valence-corrected chi connectivity index (χ1v) is 9.72. The molecule has 146 valence electrons. The Labute approximate surface area is 163 Å². The number of nitrogens with one attached hydrogen (secondary N) is 2. The summed E-state index contributed by atoms with van der Waals surface area (Å²) in [5.41, 5.74) is 1.04. The summed E-state index contributed by atoms with van der Waals surface area (Å²) in [5, 5.41) is 17.9. The average molecular weight is 379 g/mol. The minimum absolute atomic E-state index is 0.0613. The van der Waals surface area contributed by atoms with Gasteiger partial charge in [-0.05, 0) is 68.3 Å².